The van der Waals surface area contributed by atoms with Gasteiger partial charge in [-0.05, 0) is 44.1 Å². The Bertz CT molecular complexity index is 1180. The number of halogens is 1. The summed E-state index contributed by atoms with van der Waals surface area (Å²) >= 11 is 7.47. The molecular weight excluding hydrogens is 488 g/mol. The van der Waals surface area contributed by atoms with Crippen molar-refractivity contribution in [3.05, 3.63) is 32.9 Å². The molecule has 1 aliphatic heterocycles. The molecule has 0 bridgehead atoms. The van der Waals surface area contributed by atoms with Gasteiger partial charge in [0, 0.05) is 18.0 Å². The fraction of sp³-hybridized carbons (Fsp3) is 0.524. The predicted octanol–water partition coefficient (Wildman–Crippen LogP) is 3.03. The number of hydrogen-bond acceptors (Lipinski definition) is 8. The van der Waals surface area contributed by atoms with Crippen molar-refractivity contribution < 1.29 is 22.7 Å². The Kier molecular flexibility index (Phi) is 7.32. The van der Waals surface area contributed by atoms with Crippen LogP contribution in [0, 0.1) is 0 Å². The molecule has 33 heavy (non-hydrogen) atoms. The molecule has 1 atom stereocenters. The van der Waals surface area contributed by atoms with Crippen molar-refractivity contribution in [2.75, 3.05) is 24.2 Å². The highest BCUT2D eigenvalue weighted by Gasteiger charge is 2.29. The maximum Gasteiger partial charge on any atom is 0.276 e. The molecule has 3 heterocycles. The van der Waals surface area contributed by atoms with E-state index in [2.05, 4.69) is 20.6 Å². The summed E-state index contributed by atoms with van der Waals surface area (Å²) in [5.41, 5.74) is 1.14. The number of amides is 2. The third-order valence-electron chi connectivity index (χ3n) is 5.58. The van der Waals surface area contributed by atoms with Crippen molar-refractivity contribution in [2.24, 2.45) is 0 Å². The zero-order valence-electron chi connectivity index (χ0n) is 18.1. The second-order valence-electron chi connectivity index (χ2n) is 8.03. The zero-order chi connectivity index (χ0) is 23.6. The van der Waals surface area contributed by atoms with Crippen molar-refractivity contribution in [1.29, 1.82) is 0 Å². The number of anilines is 1. The van der Waals surface area contributed by atoms with Gasteiger partial charge in [-0.15, -0.1) is 11.3 Å². The number of sulfone groups is 1. The van der Waals surface area contributed by atoms with Crippen molar-refractivity contribution in [2.45, 2.75) is 56.7 Å². The van der Waals surface area contributed by atoms with Crippen LogP contribution in [-0.4, -0.2) is 55.2 Å². The molecule has 1 fully saturated rings. The van der Waals surface area contributed by atoms with Gasteiger partial charge < -0.3 is 15.4 Å². The number of rotatable bonds is 8. The van der Waals surface area contributed by atoms with E-state index in [9.17, 15) is 18.0 Å². The van der Waals surface area contributed by atoms with Gasteiger partial charge in [0.25, 0.3) is 11.8 Å². The maximum atomic E-state index is 13.0. The highest BCUT2D eigenvalue weighted by molar-refractivity contribution is 7.91. The molecule has 1 unspecified atom stereocenters. The molecule has 2 N–H and O–H groups in total. The highest BCUT2D eigenvalue weighted by Crippen LogP contribution is 2.39. The number of aromatic nitrogens is 2. The first-order valence-electron chi connectivity index (χ1n) is 10.9. The number of carbonyl (C=O) groups excluding carboxylic acids is 2. The first-order chi connectivity index (χ1) is 15.8. The number of fused-ring (bicyclic) bond motifs is 1. The molecule has 0 radical (unpaired) electrons. The molecule has 4 rings (SSSR count). The second-order valence-corrected chi connectivity index (χ2v) is 11.5. The van der Waals surface area contributed by atoms with Gasteiger partial charge >= 0.3 is 0 Å². The lowest BCUT2D eigenvalue weighted by atomic mass is 10.1. The van der Waals surface area contributed by atoms with Crippen LogP contribution in [0.3, 0.4) is 0 Å². The lowest BCUT2D eigenvalue weighted by Crippen LogP contribution is -2.32. The van der Waals surface area contributed by atoms with Crippen molar-refractivity contribution in [3.63, 3.8) is 0 Å². The standard InChI is InChI=1S/C21H25ClN4O5S2/c1-2-9-33(29,30)21-24-11-14(22)17(25-21)19(28)26-20-16(13-6-3-7-15(13)32-20)18(27)23-10-12-5-4-8-31-12/h11-12H,2-10H2,1H3,(H,23,27)(H,26,28). The van der Waals surface area contributed by atoms with Crippen LogP contribution in [0.4, 0.5) is 5.00 Å². The van der Waals surface area contributed by atoms with Gasteiger partial charge in [0.05, 0.1) is 28.6 Å². The van der Waals surface area contributed by atoms with Crippen molar-refractivity contribution >= 4 is 49.6 Å². The number of ether oxygens (including phenoxy) is 1. The van der Waals surface area contributed by atoms with Gasteiger partial charge in [-0.2, -0.15) is 0 Å². The van der Waals surface area contributed by atoms with Crippen LogP contribution < -0.4 is 10.6 Å². The summed E-state index contributed by atoms with van der Waals surface area (Å²) in [5.74, 6) is -1.09. The number of nitrogens with zero attached hydrogens (tertiary/aromatic N) is 2. The van der Waals surface area contributed by atoms with Crippen LogP contribution in [0.5, 0.6) is 0 Å². The normalized spacial score (nSPS) is 17.7. The van der Waals surface area contributed by atoms with E-state index in [0.29, 0.717) is 30.1 Å². The van der Waals surface area contributed by atoms with E-state index >= 15 is 0 Å². The van der Waals surface area contributed by atoms with Crippen LogP contribution in [0.2, 0.25) is 5.02 Å². The molecule has 0 aromatic carbocycles. The molecule has 1 saturated heterocycles. The second kappa shape index (κ2) is 10.0. The Morgan fingerprint density at radius 2 is 2.09 bits per heavy atom. The lowest BCUT2D eigenvalue weighted by molar-refractivity contribution is 0.0858. The minimum Gasteiger partial charge on any atom is -0.376 e. The van der Waals surface area contributed by atoms with E-state index in [1.807, 2.05) is 0 Å². The van der Waals surface area contributed by atoms with Crippen LogP contribution >= 0.6 is 22.9 Å². The average Bonchev–Trinajstić information content (AvgIpc) is 3.50. The summed E-state index contributed by atoms with van der Waals surface area (Å²) in [4.78, 5) is 34.8. The van der Waals surface area contributed by atoms with Crippen molar-refractivity contribution in [3.8, 4) is 0 Å². The molecular formula is C21H25ClN4O5S2. The summed E-state index contributed by atoms with van der Waals surface area (Å²) in [5, 5.41) is 5.55. The number of aryl methyl sites for hydroxylation is 1. The Labute approximate surface area is 201 Å². The van der Waals surface area contributed by atoms with E-state index < -0.39 is 20.9 Å². The third kappa shape index (κ3) is 5.21. The van der Waals surface area contributed by atoms with Gasteiger partial charge in [0.2, 0.25) is 15.0 Å². The summed E-state index contributed by atoms with van der Waals surface area (Å²) < 4.78 is 30.2. The summed E-state index contributed by atoms with van der Waals surface area (Å²) in [6.45, 7) is 2.83. The van der Waals surface area contributed by atoms with E-state index in [-0.39, 0.29) is 28.5 Å². The highest BCUT2D eigenvalue weighted by atomic mass is 35.5. The molecule has 2 amide bonds. The van der Waals surface area contributed by atoms with Crippen LogP contribution in [-0.2, 0) is 27.4 Å². The van der Waals surface area contributed by atoms with Crippen LogP contribution in [0.1, 0.15) is 63.9 Å². The smallest absolute Gasteiger partial charge is 0.276 e. The van der Waals surface area contributed by atoms with Gasteiger partial charge in [-0.25, -0.2) is 18.4 Å². The quantitative estimate of drug-likeness (QED) is 0.520. The maximum absolute atomic E-state index is 13.0. The van der Waals surface area contributed by atoms with Gasteiger partial charge in [0.1, 0.15) is 5.00 Å². The predicted molar refractivity (Wildman–Crippen MR) is 125 cm³/mol. The van der Waals surface area contributed by atoms with E-state index in [1.165, 1.54) is 11.3 Å². The number of carbonyl (C=O) groups is 2. The Morgan fingerprint density at radius 3 is 2.82 bits per heavy atom. The van der Waals surface area contributed by atoms with E-state index in [1.54, 1.807) is 6.92 Å². The molecule has 2 aromatic rings. The Hall–Kier alpha value is -2.08. The monoisotopic (exact) mass is 512 g/mol. The molecule has 9 nitrogen and oxygen atoms in total. The largest absolute Gasteiger partial charge is 0.376 e. The Balaban J connectivity index is 1.58. The summed E-state index contributed by atoms with van der Waals surface area (Å²) in [6, 6.07) is 0. The molecule has 2 aliphatic rings. The molecule has 0 saturated carbocycles. The molecule has 178 valence electrons. The molecule has 0 spiro atoms. The minimum atomic E-state index is -3.72. The average molecular weight is 513 g/mol. The summed E-state index contributed by atoms with van der Waals surface area (Å²) in [7, 11) is -3.72. The first-order valence-corrected chi connectivity index (χ1v) is 13.8. The number of thiophene rings is 1. The molecule has 1 aliphatic carbocycles. The van der Waals surface area contributed by atoms with Crippen LogP contribution in [0.15, 0.2) is 11.4 Å². The minimum absolute atomic E-state index is 0.00184. The van der Waals surface area contributed by atoms with Gasteiger partial charge in [-0.3, -0.25) is 9.59 Å². The number of hydrogen-bond donors (Lipinski definition) is 2. The van der Waals surface area contributed by atoms with Gasteiger partial charge in [-0.1, -0.05) is 18.5 Å². The van der Waals surface area contributed by atoms with E-state index in [4.69, 9.17) is 16.3 Å². The Morgan fingerprint density at radius 1 is 1.27 bits per heavy atom. The first kappa shape index (κ1) is 24.1. The fourth-order valence-electron chi connectivity index (χ4n) is 4.02. The topological polar surface area (TPSA) is 127 Å². The van der Waals surface area contributed by atoms with E-state index in [0.717, 1.165) is 48.7 Å². The van der Waals surface area contributed by atoms with Crippen molar-refractivity contribution in [1.82, 2.24) is 15.3 Å². The van der Waals surface area contributed by atoms with Crippen LogP contribution in [0.25, 0.3) is 0 Å². The molecule has 12 heteroatoms. The SMILES string of the molecule is CCCS(=O)(=O)c1ncc(Cl)c(C(=O)Nc2sc3c(c2C(=O)NCC2CCCO2)CCC3)n1. The molecule has 2 aromatic heterocycles. The zero-order valence-corrected chi connectivity index (χ0v) is 20.5. The van der Waals surface area contributed by atoms with Gasteiger partial charge in [0.15, 0.2) is 5.69 Å². The third-order valence-corrected chi connectivity index (χ3v) is 8.76. The summed E-state index contributed by atoms with van der Waals surface area (Å²) in [6.07, 6.45) is 5.94. The fourth-order valence-corrected chi connectivity index (χ4v) is 6.64. The lowest BCUT2D eigenvalue weighted by Gasteiger charge is -2.13. The number of nitrogens with one attached hydrogen (secondary N) is 2.